The molecule has 1 fully saturated rings. The van der Waals surface area contributed by atoms with Gasteiger partial charge in [-0.2, -0.15) is 4.31 Å². The van der Waals surface area contributed by atoms with Crippen molar-refractivity contribution in [2.75, 3.05) is 25.0 Å². The van der Waals surface area contributed by atoms with Gasteiger partial charge in [0.1, 0.15) is 21.3 Å². The van der Waals surface area contributed by atoms with Gasteiger partial charge in [-0.15, -0.1) is 11.3 Å². The molecule has 1 N–H and O–H groups in total. The Morgan fingerprint density at radius 2 is 1.88 bits per heavy atom. The SMILES string of the molecule is CCOc1ccc(NC(=O)c2csc(-c3ccccc3)n2)cc1S(=O)(=O)N1CCCCC1. The molecule has 0 bridgehead atoms. The number of hydrogen-bond donors (Lipinski definition) is 1. The normalized spacial score (nSPS) is 14.8. The lowest BCUT2D eigenvalue weighted by atomic mass is 10.2. The maximum absolute atomic E-state index is 13.3. The van der Waals surface area contributed by atoms with E-state index in [9.17, 15) is 13.2 Å². The van der Waals surface area contributed by atoms with E-state index < -0.39 is 15.9 Å². The molecule has 168 valence electrons. The van der Waals surface area contributed by atoms with E-state index in [0.717, 1.165) is 29.8 Å². The Labute approximate surface area is 192 Å². The summed E-state index contributed by atoms with van der Waals surface area (Å²) in [5.41, 5.74) is 1.60. The van der Waals surface area contributed by atoms with Gasteiger partial charge in [0.05, 0.1) is 6.61 Å². The Hall–Kier alpha value is -2.75. The predicted molar refractivity (Wildman–Crippen MR) is 126 cm³/mol. The second kappa shape index (κ2) is 9.81. The van der Waals surface area contributed by atoms with Crippen LogP contribution >= 0.6 is 11.3 Å². The van der Waals surface area contributed by atoms with Crippen LogP contribution in [0.15, 0.2) is 58.8 Å². The number of rotatable bonds is 7. The maximum Gasteiger partial charge on any atom is 0.275 e. The zero-order valence-corrected chi connectivity index (χ0v) is 19.4. The van der Waals surface area contributed by atoms with Crippen molar-refractivity contribution in [3.05, 3.63) is 59.6 Å². The topological polar surface area (TPSA) is 88.6 Å². The van der Waals surface area contributed by atoms with Crippen LogP contribution in [-0.4, -0.2) is 43.3 Å². The number of piperidine rings is 1. The summed E-state index contributed by atoms with van der Waals surface area (Å²) in [5.74, 6) is -0.106. The minimum atomic E-state index is -3.73. The number of benzene rings is 2. The molecule has 7 nitrogen and oxygen atoms in total. The lowest BCUT2D eigenvalue weighted by Gasteiger charge is -2.27. The molecule has 32 heavy (non-hydrogen) atoms. The van der Waals surface area contributed by atoms with E-state index in [1.54, 1.807) is 24.4 Å². The van der Waals surface area contributed by atoms with Gasteiger partial charge in [-0.3, -0.25) is 4.79 Å². The Morgan fingerprint density at radius 3 is 2.59 bits per heavy atom. The third-order valence-electron chi connectivity index (χ3n) is 5.19. The number of sulfonamides is 1. The van der Waals surface area contributed by atoms with E-state index in [4.69, 9.17) is 4.74 Å². The smallest absolute Gasteiger partial charge is 0.275 e. The first-order valence-electron chi connectivity index (χ1n) is 10.6. The Morgan fingerprint density at radius 1 is 1.12 bits per heavy atom. The first-order chi connectivity index (χ1) is 15.5. The van der Waals surface area contributed by atoms with Crippen molar-refractivity contribution in [3.8, 4) is 16.3 Å². The zero-order valence-electron chi connectivity index (χ0n) is 17.8. The summed E-state index contributed by atoms with van der Waals surface area (Å²) in [6.07, 6.45) is 2.71. The largest absolute Gasteiger partial charge is 0.492 e. The molecule has 0 aliphatic carbocycles. The summed E-state index contributed by atoms with van der Waals surface area (Å²) in [6, 6.07) is 14.3. The van der Waals surface area contributed by atoms with Gasteiger partial charge in [0.2, 0.25) is 10.0 Å². The number of anilines is 1. The zero-order chi connectivity index (χ0) is 22.6. The predicted octanol–water partition coefficient (Wildman–Crippen LogP) is 4.64. The van der Waals surface area contributed by atoms with E-state index in [1.165, 1.54) is 21.7 Å². The fraction of sp³-hybridized carbons (Fsp3) is 0.304. The molecule has 1 aliphatic rings. The number of carbonyl (C=O) groups excluding carboxylic acids is 1. The van der Waals surface area contributed by atoms with Crippen LogP contribution in [0.2, 0.25) is 0 Å². The number of thiazole rings is 1. The van der Waals surface area contributed by atoms with Crippen LogP contribution in [0.1, 0.15) is 36.7 Å². The van der Waals surface area contributed by atoms with Crippen LogP contribution in [0, 0.1) is 0 Å². The van der Waals surface area contributed by atoms with Gasteiger partial charge in [0, 0.05) is 29.7 Å². The molecule has 0 saturated carbocycles. The molecule has 4 rings (SSSR count). The minimum absolute atomic E-state index is 0.0716. The average Bonchev–Trinajstić information content (AvgIpc) is 3.32. The molecule has 1 aromatic heterocycles. The Balaban J connectivity index is 1.58. The number of ether oxygens (including phenoxy) is 1. The molecule has 1 aliphatic heterocycles. The Bertz CT molecular complexity index is 1190. The summed E-state index contributed by atoms with van der Waals surface area (Å²) in [6.45, 7) is 3.13. The highest BCUT2D eigenvalue weighted by Gasteiger charge is 2.29. The van der Waals surface area contributed by atoms with Gasteiger partial charge >= 0.3 is 0 Å². The van der Waals surface area contributed by atoms with Crippen LogP contribution in [0.25, 0.3) is 10.6 Å². The molecule has 0 radical (unpaired) electrons. The van der Waals surface area contributed by atoms with Gasteiger partial charge in [-0.1, -0.05) is 36.8 Å². The number of carbonyl (C=O) groups is 1. The highest BCUT2D eigenvalue weighted by atomic mass is 32.2. The molecular formula is C23H25N3O4S2. The van der Waals surface area contributed by atoms with Crippen molar-refractivity contribution >= 4 is 33.0 Å². The number of aromatic nitrogens is 1. The van der Waals surface area contributed by atoms with Gasteiger partial charge in [0.25, 0.3) is 5.91 Å². The van der Waals surface area contributed by atoms with E-state index in [0.29, 0.717) is 25.4 Å². The second-order valence-electron chi connectivity index (χ2n) is 7.42. The molecule has 2 aromatic carbocycles. The monoisotopic (exact) mass is 471 g/mol. The summed E-state index contributed by atoms with van der Waals surface area (Å²) in [7, 11) is -3.73. The van der Waals surface area contributed by atoms with Crippen molar-refractivity contribution in [1.82, 2.24) is 9.29 Å². The summed E-state index contributed by atoms with van der Waals surface area (Å²) >= 11 is 1.38. The van der Waals surface area contributed by atoms with Crippen molar-refractivity contribution < 1.29 is 17.9 Å². The maximum atomic E-state index is 13.3. The lowest BCUT2D eigenvalue weighted by molar-refractivity contribution is 0.102. The molecule has 0 spiro atoms. The molecule has 1 saturated heterocycles. The third-order valence-corrected chi connectivity index (χ3v) is 8.00. The fourth-order valence-corrected chi connectivity index (χ4v) is 6.07. The number of amides is 1. The number of nitrogens with zero attached hydrogens (tertiary/aromatic N) is 2. The van der Waals surface area contributed by atoms with E-state index >= 15 is 0 Å². The fourth-order valence-electron chi connectivity index (χ4n) is 3.59. The van der Waals surface area contributed by atoms with Crippen LogP contribution < -0.4 is 10.1 Å². The van der Waals surface area contributed by atoms with Gasteiger partial charge in [-0.05, 0) is 38.0 Å². The number of hydrogen-bond acceptors (Lipinski definition) is 6. The van der Waals surface area contributed by atoms with E-state index in [-0.39, 0.29) is 16.3 Å². The minimum Gasteiger partial charge on any atom is -0.492 e. The van der Waals surface area contributed by atoms with E-state index in [1.807, 2.05) is 30.3 Å². The van der Waals surface area contributed by atoms with Crippen LogP contribution in [-0.2, 0) is 10.0 Å². The van der Waals surface area contributed by atoms with Crippen LogP contribution in [0.4, 0.5) is 5.69 Å². The molecule has 0 unspecified atom stereocenters. The van der Waals surface area contributed by atoms with Crippen molar-refractivity contribution in [1.29, 1.82) is 0 Å². The second-order valence-corrected chi connectivity index (χ2v) is 10.2. The summed E-state index contributed by atoms with van der Waals surface area (Å²) < 4.78 is 33.6. The van der Waals surface area contributed by atoms with Crippen LogP contribution in [0.3, 0.4) is 0 Å². The molecule has 9 heteroatoms. The molecule has 3 aromatic rings. The lowest BCUT2D eigenvalue weighted by Crippen LogP contribution is -2.35. The Kier molecular flexibility index (Phi) is 6.88. The summed E-state index contributed by atoms with van der Waals surface area (Å²) in [5, 5.41) is 5.21. The van der Waals surface area contributed by atoms with E-state index in [2.05, 4.69) is 10.3 Å². The van der Waals surface area contributed by atoms with Crippen LogP contribution in [0.5, 0.6) is 5.75 Å². The third kappa shape index (κ3) is 4.85. The number of nitrogens with one attached hydrogen (secondary N) is 1. The highest BCUT2D eigenvalue weighted by molar-refractivity contribution is 7.89. The first-order valence-corrected chi connectivity index (χ1v) is 12.9. The van der Waals surface area contributed by atoms with Gasteiger partial charge in [-0.25, -0.2) is 13.4 Å². The van der Waals surface area contributed by atoms with Gasteiger partial charge < -0.3 is 10.1 Å². The van der Waals surface area contributed by atoms with Gasteiger partial charge in [0.15, 0.2) is 0 Å². The standard InChI is InChI=1S/C23H25N3O4S2/c1-2-30-20-12-11-18(15-21(20)32(28,29)26-13-7-4-8-14-26)24-22(27)19-16-31-23(25-19)17-9-5-3-6-10-17/h3,5-6,9-12,15-16H,2,4,7-8,13-14H2,1H3,(H,24,27). The molecule has 2 heterocycles. The molecular weight excluding hydrogens is 446 g/mol. The quantitative estimate of drug-likeness (QED) is 0.542. The molecule has 0 atom stereocenters. The van der Waals surface area contributed by atoms with Crippen molar-refractivity contribution in [2.45, 2.75) is 31.1 Å². The first kappa shape index (κ1) is 22.4. The average molecular weight is 472 g/mol. The summed E-state index contributed by atoms with van der Waals surface area (Å²) in [4.78, 5) is 17.3. The van der Waals surface area contributed by atoms with Crippen molar-refractivity contribution in [2.24, 2.45) is 0 Å². The molecule has 1 amide bonds. The van der Waals surface area contributed by atoms with Crippen molar-refractivity contribution in [3.63, 3.8) is 0 Å². The highest BCUT2D eigenvalue weighted by Crippen LogP contribution is 2.32.